The molecule has 0 aliphatic carbocycles. The summed E-state index contributed by atoms with van der Waals surface area (Å²) in [4.78, 5) is 42.6. The highest BCUT2D eigenvalue weighted by Crippen LogP contribution is 2.26. The van der Waals surface area contributed by atoms with Crippen LogP contribution in [0.1, 0.15) is 47.9 Å². The summed E-state index contributed by atoms with van der Waals surface area (Å²) in [5.74, 6) is -0.177. The number of cyclic esters (lactones) is 1. The zero-order valence-electron chi connectivity index (χ0n) is 26.3. The number of hydrogen-bond donors (Lipinski definition) is 2. The predicted molar refractivity (Wildman–Crippen MR) is 182 cm³/mol. The lowest BCUT2D eigenvalue weighted by atomic mass is 9.92. The van der Waals surface area contributed by atoms with Crippen molar-refractivity contribution >= 4 is 29.5 Å². The Hall–Kier alpha value is -3.88. The molecule has 2 heterocycles. The number of benzene rings is 3. The first-order chi connectivity index (χ1) is 22.5. The molecule has 0 saturated heterocycles. The van der Waals surface area contributed by atoms with Gasteiger partial charge in [0.05, 0.1) is 30.5 Å². The number of rotatable bonds is 9. The maximum absolute atomic E-state index is 13.8. The Morgan fingerprint density at radius 3 is 2.33 bits per heavy atom. The molecule has 4 atom stereocenters. The molecule has 8 heteroatoms. The molecule has 0 bridgehead atoms. The summed E-state index contributed by atoms with van der Waals surface area (Å²) in [6, 6.07) is 27.4. The first-order valence-electron chi connectivity index (χ1n) is 16.2. The van der Waals surface area contributed by atoms with Gasteiger partial charge in [-0.3, -0.25) is 14.4 Å². The number of nitrogens with one attached hydrogen (secondary N) is 1. The number of amides is 2. The summed E-state index contributed by atoms with van der Waals surface area (Å²) in [5.41, 5.74) is 4.48. The Bertz CT molecular complexity index is 1460. The van der Waals surface area contributed by atoms with Gasteiger partial charge in [-0.25, -0.2) is 0 Å². The maximum Gasteiger partial charge on any atom is 0.309 e. The van der Waals surface area contributed by atoms with Gasteiger partial charge in [0.15, 0.2) is 0 Å². The first-order valence-corrected chi connectivity index (χ1v) is 17.4. The van der Waals surface area contributed by atoms with Crippen molar-refractivity contribution in [1.29, 1.82) is 0 Å². The molecule has 0 fully saturated rings. The van der Waals surface area contributed by atoms with Crippen molar-refractivity contribution in [2.75, 3.05) is 19.0 Å². The van der Waals surface area contributed by atoms with Crippen LogP contribution in [0.5, 0.6) is 0 Å². The molecule has 0 radical (unpaired) electrons. The molecule has 2 aliphatic heterocycles. The minimum absolute atomic E-state index is 0.0368. The topological polar surface area (TPSA) is 95.9 Å². The van der Waals surface area contributed by atoms with Gasteiger partial charge >= 0.3 is 5.97 Å². The van der Waals surface area contributed by atoms with Crippen LogP contribution in [0.4, 0.5) is 0 Å². The Labute approximate surface area is 276 Å². The number of aliphatic hydroxyl groups is 1. The van der Waals surface area contributed by atoms with Crippen molar-refractivity contribution in [2.24, 2.45) is 11.8 Å². The summed E-state index contributed by atoms with van der Waals surface area (Å²) in [6.07, 6.45) is 6.90. The average Bonchev–Trinajstić information content (AvgIpc) is 3.09. The number of hydrogen-bond acceptors (Lipinski definition) is 6. The Morgan fingerprint density at radius 1 is 0.891 bits per heavy atom. The lowest BCUT2D eigenvalue weighted by Crippen LogP contribution is -2.48. The Balaban J connectivity index is 1.30. The van der Waals surface area contributed by atoms with Crippen LogP contribution in [0.25, 0.3) is 0 Å². The number of carbonyl (C=O) groups excluding carboxylic acids is 3. The van der Waals surface area contributed by atoms with Gasteiger partial charge in [-0.1, -0.05) is 97.1 Å². The van der Waals surface area contributed by atoms with E-state index in [1.807, 2.05) is 84.9 Å². The Kier molecular flexibility index (Phi) is 12.5. The minimum atomic E-state index is -0.585. The smallest absolute Gasteiger partial charge is 0.309 e. The normalized spacial score (nSPS) is 22.4. The van der Waals surface area contributed by atoms with E-state index in [-0.39, 0.29) is 49.4 Å². The second-order valence-electron chi connectivity index (χ2n) is 12.2. The summed E-state index contributed by atoms with van der Waals surface area (Å²) >= 11 is 1.67. The van der Waals surface area contributed by atoms with Crippen LogP contribution in [0.15, 0.2) is 97.1 Å². The van der Waals surface area contributed by atoms with E-state index in [0.717, 1.165) is 22.4 Å². The molecule has 7 nitrogen and oxygen atoms in total. The van der Waals surface area contributed by atoms with E-state index < -0.39 is 12.0 Å². The number of fused-ring (bicyclic) bond motifs is 1. The van der Waals surface area contributed by atoms with Gasteiger partial charge in [0, 0.05) is 24.5 Å². The van der Waals surface area contributed by atoms with Crippen LogP contribution in [0.2, 0.25) is 0 Å². The number of aliphatic hydroxyl groups excluding tert-OH is 1. The fourth-order valence-corrected chi connectivity index (χ4v) is 7.19. The molecule has 0 spiro atoms. The lowest BCUT2D eigenvalue weighted by Gasteiger charge is -2.36. The van der Waals surface area contributed by atoms with Gasteiger partial charge in [-0.2, -0.15) is 11.8 Å². The van der Waals surface area contributed by atoms with E-state index >= 15 is 0 Å². The maximum atomic E-state index is 13.8. The van der Waals surface area contributed by atoms with E-state index in [4.69, 9.17) is 4.74 Å². The van der Waals surface area contributed by atoms with E-state index in [1.54, 1.807) is 16.7 Å². The summed E-state index contributed by atoms with van der Waals surface area (Å²) in [6.45, 7) is 0.357. The highest BCUT2D eigenvalue weighted by molar-refractivity contribution is 7.98. The fraction of sp³-hybridized carbons (Fsp3) is 0.395. The number of esters is 1. The van der Waals surface area contributed by atoms with Crippen LogP contribution in [-0.4, -0.2) is 58.8 Å². The molecule has 242 valence electrons. The third-order valence-corrected chi connectivity index (χ3v) is 9.98. The molecule has 3 aromatic carbocycles. The van der Waals surface area contributed by atoms with E-state index in [2.05, 4.69) is 17.4 Å². The zero-order chi connectivity index (χ0) is 32.1. The van der Waals surface area contributed by atoms with Gasteiger partial charge in [0.25, 0.3) is 0 Å². The molecule has 0 unspecified atom stereocenters. The third-order valence-electron chi connectivity index (χ3n) is 8.81. The summed E-state index contributed by atoms with van der Waals surface area (Å²) in [7, 11) is 0. The number of ether oxygens (including phenoxy) is 1. The quantitative estimate of drug-likeness (QED) is 0.237. The molecule has 0 aromatic heterocycles. The van der Waals surface area contributed by atoms with Crippen molar-refractivity contribution in [3.05, 3.63) is 119 Å². The summed E-state index contributed by atoms with van der Waals surface area (Å²) < 4.78 is 5.88. The standard InChI is InChI=1S/C38H44N2O5S/c41-24-35-21-30-16-10-11-19-33(30)23-40(35)36(42)22-31-17-8-3-9-18-32(20-28-12-4-1-5-13-28)38(44)45-25-34(39-37(31)43)27-46-26-29-14-6-2-7-15-29/h1-8,10-16,19,31-32,34-35,41H,9,17-18,20-27H2,(H,39,43)/t31-,32-,34-,35+/m1/s1. The minimum Gasteiger partial charge on any atom is -0.463 e. The molecular weight excluding hydrogens is 596 g/mol. The predicted octanol–water partition coefficient (Wildman–Crippen LogP) is 5.50. The van der Waals surface area contributed by atoms with Crippen molar-refractivity contribution in [3.8, 4) is 0 Å². The van der Waals surface area contributed by atoms with Gasteiger partial charge in [-0.15, -0.1) is 0 Å². The average molecular weight is 641 g/mol. The van der Waals surface area contributed by atoms with Crippen LogP contribution in [0.3, 0.4) is 0 Å². The largest absolute Gasteiger partial charge is 0.463 e. The molecule has 2 N–H and O–H groups in total. The molecule has 2 aliphatic rings. The lowest BCUT2D eigenvalue weighted by molar-refractivity contribution is -0.150. The molecule has 46 heavy (non-hydrogen) atoms. The van der Waals surface area contributed by atoms with Crippen molar-refractivity contribution in [2.45, 2.75) is 62.9 Å². The third kappa shape index (κ3) is 9.56. The van der Waals surface area contributed by atoms with Crippen LogP contribution < -0.4 is 5.32 Å². The van der Waals surface area contributed by atoms with Crippen molar-refractivity contribution < 1.29 is 24.2 Å². The van der Waals surface area contributed by atoms with E-state index in [1.165, 1.54) is 5.56 Å². The van der Waals surface area contributed by atoms with E-state index in [0.29, 0.717) is 44.4 Å². The molecule has 2 amide bonds. The van der Waals surface area contributed by atoms with Gasteiger partial charge < -0.3 is 20.1 Å². The highest BCUT2D eigenvalue weighted by atomic mass is 32.2. The second-order valence-corrected chi connectivity index (χ2v) is 13.3. The molecule has 0 saturated carbocycles. The number of allylic oxidation sites excluding steroid dienone is 2. The first kappa shape index (κ1) is 33.5. The van der Waals surface area contributed by atoms with E-state index in [9.17, 15) is 19.5 Å². The van der Waals surface area contributed by atoms with Gasteiger partial charge in [0.1, 0.15) is 6.61 Å². The van der Waals surface area contributed by atoms with Gasteiger partial charge in [-0.05, 0) is 54.4 Å². The number of carbonyl (C=O) groups is 3. The zero-order valence-corrected chi connectivity index (χ0v) is 27.1. The summed E-state index contributed by atoms with van der Waals surface area (Å²) in [5, 5.41) is 13.3. The number of nitrogens with zero attached hydrogens (tertiary/aromatic N) is 1. The SMILES string of the molecule is O=C1N[C@@H](CSCc2ccccc2)COC(=O)[C@@H](Cc2ccccc2)CCC=CC[C@@H]1CC(=O)N1Cc2ccccc2C[C@H]1CO. The van der Waals surface area contributed by atoms with Crippen LogP contribution in [-0.2, 0) is 44.3 Å². The highest BCUT2D eigenvalue weighted by Gasteiger charge is 2.33. The van der Waals surface area contributed by atoms with Crippen molar-refractivity contribution in [3.63, 3.8) is 0 Å². The van der Waals surface area contributed by atoms with Gasteiger partial charge in [0.2, 0.25) is 11.8 Å². The Morgan fingerprint density at radius 2 is 1.59 bits per heavy atom. The van der Waals surface area contributed by atoms with Crippen LogP contribution >= 0.6 is 11.8 Å². The fourth-order valence-electron chi connectivity index (χ4n) is 6.18. The second kappa shape index (κ2) is 17.2. The molecular formula is C38H44N2O5S. The number of thioether (sulfide) groups is 1. The van der Waals surface area contributed by atoms with Crippen LogP contribution in [0, 0.1) is 11.8 Å². The van der Waals surface area contributed by atoms with Crippen molar-refractivity contribution in [1.82, 2.24) is 10.2 Å². The monoisotopic (exact) mass is 640 g/mol. The molecule has 5 rings (SSSR count). The molecule has 3 aromatic rings.